The van der Waals surface area contributed by atoms with E-state index in [0.717, 1.165) is 11.9 Å². The van der Waals surface area contributed by atoms with Crippen molar-refractivity contribution in [1.82, 2.24) is 15.2 Å². The van der Waals surface area contributed by atoms with Crippen molar-refractivity contribution < 1.29 is 23.7 Å². The number of urea groups is 1. The number of benzene rings is 2. The van der Waals surface area contributed by atoms with Crippen LogP contribution in [0.4, 0.5) is 10.5 Å². The van der Waals surface area contributed by atoms with Gasteiger partial charge < -0.3 is 29.6 Å². The summed E-state index contributed by atoms with van der Waals surface area (Å²) in [5.74, 6) is 2.79. The van der Waals surface area contributed by atoms with Gasteiger partial charge in [0, 0.05) is 48.9 Å². The molecular weight excluding hydrogens is 460 g/mol. The fourth-order valence-corrected chi connectivity index (χ4v) is 4.08. The molecule has 194 valence electrons. The molecule has 1 aromatic heterocycles. The summed E-state index contributed by atoms with van der Waals surface area (Å²) in [4.78, 5) is 19.2. The Labute approximate surface area is 212 Å². The minimum absolute atomic E-state index is 0.296. The van der Waals surface area contributed by atoms with E-state index in [-0.39, 0.29) is 6.03 Å². The van der Waals surface area contributed by atoms with E-state index in [1.165, 1.54) is 0 Å². The molecule has 0 saturated heterocycles. The molecule has 36 heavy (non-hydrogen) atoms. The number of carbonyl (C=O) groups excluding carboxylic acids is 1. The standard InChI is InChI=1S/C27H36N4O5/c1-17(2)31(18(3)4)13-12-29-27(32)30-21-9-8-19(14-24(21)33-5)36-23-10-11-28-22-16-26(35-7)25(34-6)15-20(22)23/h8-11,14-18H,12-13H2,1-7H3,(H2,29,30,32). The van der Waals surface area contributed by atoms with Gasteiger partial charge in [-0.3, -0.25) is 9.88 Å². The normalized spacial score (nSPS) is 11.2. The minimum atomic E-state index is -0.296. The predicted octanol–water partition coefficient (Wildman–Crippen LogP) is 5.29. The first kappa shape index (κ1) is 26.9. The van der Waals surface area contributed by atoms with Crippen molar-refractivity contribution in [2.75, 3.05) is 39.7 Å². The van der Waals surface area contributed by atoms with E-state index in [2.05, 4.69) is 48.2 Å². The van der Waals surface area contributed by atoms with Gasteiger partial charge in [0.15, 0.2) is 11.5 Å². The van der Waals surface area contributed by atoms with Crippen molar-refractivity contribution in [3.8, 4) is 28.7 Å². The Morgan fingerprint density at radius 3 is 2.19 bits per heavy atom. The van der Waals surface area contributed by atoms with Crippen LogP contribution in [0, 0.1) is 0 Å². The van der Waals surface area contributed by atoms with Gasteiger partial charge >= 0.3 is 6.03 Å². The lowest BCUT2D eigenvalue weighted by Gasteiger charge is -2.30. The van der Waals surface area contributed by atoms with E-state index >= 15 is 0 Å². The van der Waals surface area contributed by atoms with Crippen molar-refractivity contribution in [3.63, 3.8) is 0 Å². The number of nitrogens with one attached hydrogen (secondary N) is 2. The number of methoxy groups -OCH3 is 3. The van der Waals surface area contributed by atoms with Gasteiger partial charge in [0.05, 0.1) is 32.5 Å². The van der Waals surface area contributed by atoms with Crippen LogP contribution in [0.1, 0.15) is 27.7 Å². The van der Waals surface area contributed by atoms with Crippen LogP contribution >= 0.6 is 0 Å². The van der Waals surface area contributed by atoms with Crippen LogP contribution in [0.3, 0.4) is 0 Å². The molecule has 3 aromatic rings. The van der Waals surface area contributed by atoms with Crippen LogP contribution in [0.15, 0.2) is 42.6 Å². The molecule has 2 aromatic carbocycles. The first-order valence-corrected chi connectivity index (χ1v) is 11.9. The van der Waals surface area contributed by atoms with Crippen LogP contribution in [0.25, 0.3) is 10.9 Å². The average molecular weight is 497 g/mol. The van der Waals surface area contributed by atoms with Crippen molar-refractivity contribution in [2.24, 2.45) is 0 Å². The molecule has 0 radical (unpaired) electrons. The maximum atomic E-state index is 12.5. The molecule has 0 fully saturated rings. The number of nitrogens with zero attached hydrogens (tertiary/aromatic N) is 2. The van der Waals surface area contributed by atoms with E-state index in [9.17, 15) is 4.79 Å². The average Bonchev–Trinajstić information content (AvgIpc) is 2.86. The quantitative estimate of drug-likeness (QED) is 0.372. The molecule has 0 bridgehead atoms. The molecular formula is C27H36N4O5. The van der Waals surface area contributed by atoms with Gasteiger partial charge in [-0.15, -0.1) is 0 Å². The highest BCUT2D eigenvalue weighted by Crippen LogP contribution is 2.38. The van der Waals surface area contributed by atoms with Gasteiger partial charge in [-0.05, 0) is 52.0 Å². The molecule has 2 amide bonds. The van der Waals surface area contributed by atoms with E-state index in [1.54, 1.807) is 57.9 Å². The Morgan fingerprint density at radius 2 is 1.56 bits per heavy atom. The fraction of sp³-hybridized carbons (Fsp3) is 0.407. The Kier molecular flexibility index (Phi) is 9.19. The van der Waals surface area contributed by atoms with Gasteiger partial charge in [-0.1, -0.05) is 0 Å². The molecule has 0 atom stereocenters. The third-order valence-electron chi connectivity index (χ3n) is 5.84. The highest BCUT2D eigenvalue weighted by Gasteiger charge is 2.15. The molecule has 2 N–H and O–H groups in total. The largest absolute Gasteiger partial charge is 0.494 e. The number of rotatable bonds is 11. The zero-order chi connectivity index (χ0) is 26.2. The zero-order valence-corrected chi connectivity index (χ0v) is 22.0. The Balaban J connectivity index is 1.72. The second-order valence-corrected chi connectivity index (χ2v) is 8.80. The molecule has 3 rings (SSSR count). The summed E-state index contributed by atoms with van der Waals surface area (Å²) in [7, 11) is 4.71. The van der Waals surface area contributed by atoms with Crippen LogP contribution < -0.4 is 29.6 Å². The molecule has 0 spiro atoms. The first-order valence-electron chi connectivity index (χ1n) is 11.9. The topological polar surface area (TPSA) is 94.2 Å². The highest BCUT2D eigenvalue weighted by atomic mass is 16.5. The van der Waals surface area contributed by atoms with Gasteiger partial charge in [0.1, 0.15) is 17.2 Å². The minimum Gasteiger partial charge on any atom is -0.494 e. The van der Waals surface area contributed by atoms with Gasteiger partial charge in [0.2, 0.25) is 0 Å². The van der Waals surface area contributed by atoms with Crippen molar-refractivity contribution in [3.05, 3.63) is 42.6 Å². The van der Waals surface area contributed by atoms with Gasteiger partial charge in [-0.2, -0.15) is 0 Å². The van der Waals surface area contributed by atoms with Crippen molar-refractivity contribution >= 4 is 22.6 Å². The molecule has 0 saturated carbocycles. The second-order valence-electron chi connectivity index (χ2n) is 8.80. The van der Waals surface area contributed by atoms with Crippen molar-refractivity contribution in [1.29, 1.82) is 0 Å². The number of pyridine rings is 1. The monoisotopic (exact) mass is 496 g/mol. The van der Waals surface area contributed by atoms with E-state index in [0.29, 0.717) is 58.6 Å². The second kappa shape index (κ2) is 12.3. The lowest BCUT2D eigenvalue weighted by Crippen LogP contribution is -2.43. The van der Waals surface area contributed by atoms with E-state index in [4.69, 9.17) is 18.9 Å². The number of amides is 2. The lowest BCUT2D eigenvalue weighted by molar-refractivity contribution is 0.176. The highest BCUT2D eigenvalue weighted by molar-refractivity contribution is 5.91. The molecule has 1 heterocycles. The zero-order valence-electron chi connectivity index (χ0n) is 22.0. The number of hydrogen-bond acceptors (Lipinski definition) is 7. The number of anilines is 1. The molecule has 0 aliphatic carbocycles. The maximum Gasteiger partial charge on any atom is 0.319 e. The SMILES string of the molecule is COc1cc(Oc2ccnc3cc(OC)c(OC)cc23)ccc1NC(=O)NCCN(C(C)C)C(C)C. The molecule has 0 unspecified atom stereocenters. The number of aromatic nitrogens is 1. The Morgan fingerprint density at radius 1 is 0.889 bits per heavy atom. The fourth-order valence-electron chi connectivity index (χ4n) is 4.08. The summed E-state index contributed by atoms with van der Waals surface area (Å²) in [5, 5.41) is 6.53. The molecule has 9 nitrogen and oxygen atoms in total. The summed E-state index contributed by atoms with van der Waals surface area (Å²) in [6, 6.07) is 11.2. The van der Waals surface area contributed by atoms with Crippen LogP contribution in [-0.4, -0.2) is 62.4 Å². The van der Waals surface area contributed by atoms with Crippen LogP contribution in [0.2, 0.25) is 0 Å². The van der Waals surface area contributed by atoms with E-state index < -0.39 is 0 Å². The number of carbonyl (C=O) groups is 1. The molecule has 9 heteroatoms. The lowest BCUT2D eigenvalue weighted by atomic mass is 10.2. The maximum absolute atomic E-state index is 12.5. The van der Waals surface area contributed by atoms with E-state index in [1.807, 2.05) is 6.07 Å². The van der Waals surface area contributed by atoms with Gasteiger partial charge in [-0.25, -0.2) is 4.79 Å². The molecule has 0 aliphatic heterocycles. The summed E-state index contributed by atoms with van der Waals surface area (Å²) < 4.78 is 22.5. The summed E-state index contributed by atoms with van der Waals surface area (Å²) in [6.07, 6.45) is 1.67. The summed E-state index contributed by atoms with van der Waals surface area (Å²) in [6.45, 7) is 9.90. The molecule has 0 aliphatic rings. The smallest absolute Gasteiger partial charge is 0.319 e. The first-order chi connectivity index (χ1) is 17.3. The van der Waals surface area contributed by atoms with Crippen LogP contribution in [-0.2, 0) is 0 Å². The third-order valence-corrected chi connectivity index (χ3v) is 5.84. The predicted molar refractivity (Wildman–Crippen MR) is 142 cm³/mol. The Hall–Kier alpha value is -3.72. The number of fused-ring (bicyclic) bond motifs is 1. The summed E-state index contributed by atoms with van der Waals surface area (Å²) >= 11 is 0. The van der Waals surface area contributed by atoms with Gasteiger partial charge in [0.25, 0.3) is 0 Å². The van der Waals surface area contributed by atoms with Crippen LogP contribution in [0.5, 0.6) is 28.7 Å². The number of ether oxygens (including phenoxy) is 4. The van der Waals surface area contributed by atoms with Crippen molar-refractivity contribution in [2.45, 2.75) is 39.8 Å². The Bertz CT molecular complexity index is 1170. The number of hydrogen-bond donors (Lipinski definition) is 2. The summed E-state index contributed by atoms with van der Waals surface area (Å²) in [5.41, 5.74) is 1.25. The third kappa shape index (κ3) is 6.48.